The van der Waals surface area contributed by atoms with Crippen molar-refractivity contribution >= 4 is 11.8 Å². The summed E-state index contributed by atoms with van der Waals surface area (Å²) in [6.45, 7) is 0. The van der Waals surface area contributed by atoms with Crippen LogP contribution in [0.1, 0.15) is 20.7 Å². The van der Waals surface area contributed by atoms with E-state index in [0.717, 1.165) is 0 Å². The molecular weight excluding hydrogens is 204 g/mol. The molecule has 1 rings (SSSR count). The van der Waals surface area contributed by atoms with Gasteiger partial charge in [0.15, 0.2) is 0 Å². The zero-order valence-corrected chi connectivity index (χ0v) is 7.54. The van der Waals surface area contributed by atoms with Crippen LogP contribution in [0, 0.1) is 0 Å². The van der Waals surface area contributed by atoms with E-state index in [1.54, 1.807) is 0 Å². The van der Waals surface area contributed by atoms with Crippen LogP contribution in [-0.2, 0) is 0 Å². The minimum absolute atomic E-state index is 0. The summed E-state index contributed by atoms with van der Waals surface area (Å²) >= 11 is 0. The molecule has 0 saturated heterocycles. The third kappa shape index (κ3) is 3.13. The van der Waals surface area contributed by atoms with E-state index in [1.165, 1.54) is 24.3 Å². The summed E-state index contributed by atoms with van der Waals surface area (Å²) in [4.78, 5) is 21.4. The van der Waals surface area contributed by atoms with E-state index in [-0.39, 0.29) is 16.6 Å². The largest absolute Gasteiger partial charge is 0.478 e. The van der Waals surface area contributed by atoms with E-state index in [2.05, 4.69) is 0 Å². The monoisotopic (exact) mass is 214 g/mol. The number of rotatable bonds is 3. The first kappa shape index (κ1) is 13.2. The lowest BCUT2D eigenvalue weighted by molar-refractivity contribution is -0.0195. The lowest BCUT2D eigenvalue weighted by Gasteiger charge is -2.02. The zero-order valence-electron chi connectivity index (χ0n) is 7.54. The number of aliphatic hydroxyl groups is 2. The topological polar surface area (TPSA) is 126 Å². The average molecular weight is 214 g/mol. The van der Waals surface area contributed by atoms with Crippen molar-refractivity contribution in [3.63, 3.8) is 0 Å². The fourth-order valence-electron chi connectivity index (χ4n) is 0.926. The molecule has 0 fully saturated rings. The molecule has 0 heterocycles. The molecule has 5 N–H and O–H groups in total. The summed E-state index contributed by atoms with van der Waals surface area (Å²) in [5.74, 6) is -1.96. The predicted molar refractivity (Wildman–Crippen MR) is 49.6 cm³/mol. The Kier molecular flexibility index (Phi) is 4.59. The van der Waals surface area contributed by atoms with E-state index in [9.17, 15) is 9.59 Å². The molecule has 0 saturated carbocycles. The highest BCUT2D eigenvalue weighted by Gasteiger charge is 2.13. The number of carboxylic acid groups (broad SMARTS) is 1. The summed E-state index contributed by atoms with van der Waals surface area (Å²) < 4.78 is 0. The molecule has 6 nitrogen and oxygen atoms in total. The van der Waals surface area contributed by atoms with Gasteiger partial charge in [0, 0.05) is 5.56 Å². The smallest absolute Gasteiger partial charge is 0.335 e. The molecule has 82 valence electrons. The van der Waals surface area contributed by atoms with Gasteiger partial charge in [0.1, 0.15) is 0 Å². The highest BCUT2D eigenvalue weighted by atomic mass is 16.5. The van der Waals surface area contributed by atoms with Crippen molar-refractivity contribution in [2.45, 2.75) is 6.29 Å². The van der Waals surface area contributed by atoms with Gasteiger partial charge >= 0.3 is 5.97 Å². The number of carbonyl (C=O) groups excluding carboxylic acids is 1. The van der Waals surface area contributed by atoms with Crippen molar-refractivity contribution < 1.29 is 30.4 Å². The van der Waals surface area contributed by atoms with Gasteiger partial charge < -0.3 is 20.8 Å². The second-order valence-corrected chi connectivity index (χ2v) is 2.62. The van der Waals surface area contributed by atoms with E-state index < -0.39 is 18.0 Å². The van der Waals surface area contributed by atoms with Crippen molar-refractivity contribution in [1.29, 1.82) is 0 Å². The molecule has 0 bridgehead atoms. The molecule has 1 aromatic rings. The average Bonchev–Trinajstić information content (AvgIpc) is 2.16. The molecule has 6 heteroatoms. The lowest BCUT2D eigenvalue weighted by Crippen LogP contribution is -2.19. The molecular formula is C9H10O6. The standard InChI is InChI=1S/C9H8O5.H2O/c10-7(9(13)14)5-1-3-6(4-2-5)8(11)12;/h1-4,9,13-14H,(H,11,12);1H2. The van der Waals surface area contributed by atoms with Gasteiger partial charge in [0.2, 0.25) is 12.1 Å². The van der Waals surface area contributed by atoms with Crippen molar-refractivity contribution in [1.82, 2.24) is 0 Å². The van der Waals surface area contributed by atoms with Crippen LogP contribution in [0.3, 0.4) is 0 Å². The SMILES string of the molecule is O.O=C(O)c1ccc(C(=O)C(O)O)cc1. The number of ketones is 1. The number of aromatic carboxylic acids is 1. The number of benzene rings is 1. The Morgan fingerprint density at radius 1 is 1.00 bits per heavy atom. The van der Waals surface area contributed by atoms with Gasteiger partial charge in [0.05, 0.1) is 5.56 Å². The zero-order chi connectivity index (χ0) is 10.7. The second-order valence-electron chi connectivity index (χ2n) is 2.62. The maximum absolute atomic E-state index is 11.0. The maximum Gasteiger partial charge on any atom is 0.335 e. The molecule has 0 amide bonds. The van der Waals surface area contributed by atoms with Gasteiger partial charge in [-0.05, 0) is 12.1 Å². The van der Waals surface area contributed by atoms with Crippen molar-refractivity contribution in [3.8, 4) is 0 Å². The number of hydrogen-bond acceptors (Lipinski definition) is 4. The quantitative estimate of drug-likeness (QED) is 0.441. The molecule has 0 aliphatic rings. The fraction of sp³-hybridized carbons (Fsp3) is 0.111. The second kappa shape index (κ2) is 5.20. The Morgan fingerprint density at radius 3 is 1.73 bits per heavy atom. The Hall–Kier alpha value is -1.76. The van der Waals surface area contributed by atoms with Gasteiger partial charge in [-0.1, -0.05) is 12.1 Å². The van der Waals surface area contributed by atoms with Crippen LogP contribution in [0.5, 0.6) is 0 Å². The summed E-state index contributed by atoms with van der Waals surface area (Å²) in [5.41, 5.74) is 0.0963. The number of carboxylic acids is 1. The molecule has 0 radical (unpaired) electrons. The molecule has 0 atom stereocenters. The molecule has 15 heavy (non-hydrogen) atoms. The van der Waals surface area contributed by atoms with E-state index in [4.69, 9.17) is 15.3 Å². The Morgan fingerprint density at radius 2 is 1.40 bits per heavy atom. The first-order valence-corrected chi connectivity index (χ1v) is 3.76. The Labute approximate surface area is 84.7 Å². The van der Waals surface area contributed by atoms with Gasteiger partial charge in [-0.2, -0.15) is 0 Å². The van der Waals surface area contributed by atoms with Crippen LogP contribution in [-0.4, -0.2) is 38.8 Å². The van der Waals surface area contributed by atoms with Crippen LogP contribution >= 0.6 is 0 Å². The van der Waals surface area contributed by atoms with Gasteiger partial charge in [-0.3, -0.25) is 4.79 Å². The maximum atomic E-state index is 11.0. The van der Waals surface area contributed by atoms with E-state index in [1.807, 2.05) is 0 Å². The summed E-state index contributed by atoms with van der Waals surface area (Å²) in [6, 6.07) is 4.90. The van der Waals surface area contributed by atoms with Crippen molar-refractivity contribution in [2.75, 3.05) is 0 Å². The normalized spacial score (nSPS) is 9.53. The van der Waals surface area contributed by atoms with Crippen molar-refractivity contribution in [3.05, 3.63) is 35.4 Å². The highest BCUT2D eigenvalue weighted by Crippen LogP contribution is 2.06. The Bertz CT molecular complexity index is 353. The predicted octanol–water partition coefficient (Wildman–Crippen LogP) is -0.947. The molecule has 0 aliphatic carbocycles. The minimum Gasteiger partial charge on any atom is -0.478 e. The van der Waals surface area contributed by atoms with Crippen LogP contribution in [0.4, 0.5) is 0 Å². The van der Waals surface area contributed by atoms with Gasteiger partial charge in [-0.25, -0.2) is 4.79 Å². The van der Waals surface area contributed by atoms with Gasteiger partial charge in [0.25, 0.3) is 0 Å². The van der Waals surface area contributed by atoms with Crippen LogP contribution < -0.4 is 0 Å². The molecule has 0 unspecified atom stereocenters. The third-order valence-electron chi connectivity index (χ3n) is 1.65. The first-order chi connectivity index (χ1) is 6.52. The minimum atomic E-state index is -2.06. The van der Waals surface area contributed by atoms with Crippen LogP contribution in [0.25, 0.3) is 0 Å². The van der Waals surface area contributed by atoms with E-state index in [0.29, 0.717) is 0 Å². The molecule has 1 aromatic carbocycles. The number of Topliss-reactive ketones (excluding diaryl/α,β-unsaturated/α-hetero) is 1. The molecule has 0 spiro atoms. The highest BCUT2D eigenvalue weighted by molar-refractivity contribution is 5.99. The molecule has 0 aliphatic heterocycles. The number of carbonyl (C=O) groups is 2. The number of hydrogen-bond donors (Lipinski definition) is 3. The van der Waals surface area contributed by atoms with Crippen molar-refractivity contribution in [2.24, 2.45) is 0 Å². The van der Waals surface area contributed by atoms with Crippen LogP contribution in [0.2, 0.25) is 0 Å². The number of aliphatic hydroxyl groups excluding tert-OH is 1. The third-order valence-corrected chi connectivity index (χ3v) is 1.65. The van der Waals surface area contributed by atoms with Gasteiger partial charge in [-0.15, -0.1) is 0 Å². The summed E-state index contributed by atoms with van der Waals surface area (Å²) in [6.07, 6.45) is -2.06. The molecule has 0 aromatic heterocycles. The summed E-state index contributed by atoms with van der Waals surface area (Å²) in [7, 11) is 0. The summed E-state index contributed by atoms with van der Waals surface area (Å²) in [5, 5.41) is 25.6. The van der Waals surface area contributed by atoms with E-state index >= 15 is 0 Å². The Balaban J connectivity index is 0.00000196. The first-order valence-electron chi connectivity index (χ1n) is 3.76. The lowest BCUT2D eigenvalue weighted by atomic mass is 10.1. The fourth-order valence-corrected chi connectivity index (χ4v) is 0.926. The van der Waals surface area contributed by atoms with Crippen LogP contribution in [0.15, 0.2) is 24.3 Å².